The standard InChI is InChI=1S/C19H27N3O3/c1-14(15-7-5-4-6-8-15)22(16-9-12-25-19(2,3)13-16)18(24)21-11-10-20-17(21)23/h4-8,14,16H,9-13H2,1-3H3,(H,20,23). The van der Waals surface area contributed by atoms with E-state index in [1.807, 2.05) is 42.2 Å². The first-order valence-electron chi connectivity index (χ1n) is 8.95. The smallest absolute Gasteiger partial charge is 0.328 e. The molecule has 2 fully saturated rings. The maximum absolute atomic E-state index is 13.2. The minimum atomic E-state index is -0.304. The number of carbonyl (C=O) groups excluding carboxylic acids is 2. The molecule has 1 aromatic rings. The quantitative estimate of drug-likeness (QED) is 0.915. The summed E-state index contributed by atoms with van der Waals surface area (Å²) in [6.07, 6.45) is 1.53. The van der Waals surface area contributed by atoms with Gasteiger partial charge in [0.25, 0.3) is 0 Å². The van der Waals surface area contributed by atoms with Crippen LogP contribution in [-0.4, -0.2) is 53.2 Å². The van der Waals surface area contributed by atoms with Crippen LogP contribution in [0.25, 0.3) is 0 Å². The van der Waals surface area contributed by atoms with Crippen molar-refractivity contribution in [3.8, 4) is 0 Å². The molecule has 0 saturated carbocycles. The molecular formula is C19H27N3O3. The molecule has 2 aliphatic heterocycles. The normalized spacial score (nSPS) is 23.9. The van der Waals surface area contributed by atoms with Gasteiger partial charge >= 0.3 is 12.1 Å². The topological polar surface area (TPSA) is 61.9 Å². The van der Waals surface area contributed by atoms with Crippen LogP contribution in [0.5, 0.6) is 0 Å². The van der Waals surface area contributed by atoms with Gasteiger partial charge in [-0.05, 0) is 39.2 Å². The minimum absolute atomic E-state index is 0.0415. The lowest BCUT2D eigenvalue weighted by Crippen LogP contribution is -2.54. The van der Waals surface area contributed by atoms with Crippen molar-refractivity contribution >= 4 is 12.1 Å². The molecule has 2 unspecified atom stereocenters. The molecule has 2 saturated heterocycles. The molecule has 3 rings (SSSR count). The lowest BCUT2D eigenvalue weighted by atomic mass is 9.91. The Morgan fingerprint density at radius 3 is 2.68 bits per heavy atom. The maximum atomic E-state index is 13.2. The van der Waals surface area contributed by atoms with E-state index in [0.717, 1.165) is 18.4 Å². The Balaban J connectivity index is 1.90. The molecule has 2 atom stereocenters. The van der Waals surface area contributed by atoms with Gasteiger partial charge in [-0.2, -0.15) is 0 Å². The zero-order valence-corrected chi connectivity index (χ0v) is 15.2. The number of hydrogen-bond acceptors (Lipinski definition) is 3. The van der Waals surface area contributed by atoms with Crippen molar-refractivity contribution < 1.29 is 14.3 Å². The average Bonchev–Trinajstić information content (AvgIpc) is 3.01. The van der Waals surface area contributed by atoms with Crippen molar-refractivity contribution in [1.29, 1.82) is 0 Å². The summed E-state index contributed by atoms with van der Waals surface area (Å²) < 4.78 is 5.83. The summed E-state index contributed by atoms with van der Waals surface area (Å²) >= 11 is 0. The molecule has 6 heteroatoms. The zero-order valence-electron chi connectivity index (χ0n) is 15.2. The Labute approximate surface area is 149 Å². The van der Waals surface area contributed by atoms with Crippen molar-refractivity contribution in [3.63, 3.8) is 0 Å². The van der Waals surface area contributed by atoms with Crippen molar-refractivity contribution in [2.45, 2.75) is 51.3 Å². The Morgan fingerprint density at radius 1 is 1.36 bits per heavy atom. The van der Waals surface area contributed by atoms with Crippen LogP contribution in [0.1, 0.15) is 45.2 Å². The van der Waals surface area contributed by atoms with Gasteiger partial charge < -0.3 is 15.0 Å². The number of nitrogens with zero attached hydrogens (tertiary/aromatic N) is 2. The van der Waals surface area contributed by atoms with Gasteiger partial charge in [0.15, 0.2) is 0 Å². The van der Waals surface area contributed by atoms with Gasteiger partial charge in [-0.25, -0.2) is 14.5 Å². The summed E-state index contributed by atoms with van der Waals surface area (Å²) in [5, 5.41) is 2.72. The number of hydrogen-bond donors (Lipinski definition) is 1. The molecule has 2 aliphatic rings. The predicted octanol–water partition coefficient (Wildman–Crippen LogP) is 3.15. The second kappa shape index (κ2) is 7.04. The lowest BCUT2D eigenvalue weighted by molar-refractivity contribution is -0.0818. The van der Waals surface area contributed by atoms with Crippen LogP contribution in [0, 0.1) is 0 Å². The SMILES string of the molecule is CC(c1ccccc1)N(C(=O)N1CCNC1=O)C1CCOC(C)(C)C1. The van der Waals surface area contributed by atoms with Gasteiger partial charge in [0.05, 0.1) is 11.6 Å². The Morgan fingerprint density at radius 2 is 2.08 bits per heavy atom. The van der Waals surface area contributed by atoms with Crippen LogP contribution in [0.4, 0.5) is 9.59 Å². The van der Waals surface area contributed by atoms with Crippen molar-refractivity contribution in [2.24, 2.45) is 0 Å². The molecule has 136 valence electrons. The minimum Gasteiger partial charge on any atom is -0.375 e. The van der Waals surface area contributed by atoms with E-state index < -0.39 is 0 Å². The summed E-state index contributed by atoms with van der Waals surface area (Å²) in [5.74, 6) is 0. The molecule has 4 amide bonds. The average molecular weight is 345 g/mol. The maximum Gasteiger partial charge on any atom is 0.328 e. The van der Waals surface area contributed by atoms with E-state index in [1.165, 1.54) is 4.90 Å². The molecule has 1 aromatic carbocycles. The summed E-state index contributed by atoms with van der Waals surface area (Å²) in [7, 11) is 0. The third kappa shape index (κ3) is 3.79. The molecule has 0 spiro atoms. The Kier molecular flexibility index (Phi) is 4.99. The second-order valence-electron chi connectivity index (χ2n) is 7.41. The van der Waals surface area contributed by atoms with Crippen LogP contribution in [0.3, 0.4) is 0 Å². The van der Waals surface area contributed by atoms with E-state index in [2.05, 4.69) is 19.2 Å². The van der Waals surface area contributed by atoms with E-state index in [4.69, 9.17) is 4.74 Å². The van der Waals surface area contributed by atoms with Gasteiger partial charge in [-0.1, -0.05) is 30.3 Å². The third-order valence-corrected chi connectivity index (χ3v) is 5.07. The molecule has 25 heavy (non-hydrogen) atoms. The number of urea groups is 2. The predicted molar refractivity (Wildman–Crippen MR) is 95.2 cm³/mol. The zero-order chi connectivity index (χ0) is 18.0. The number of nitrogens with one attached hydrogen (secondary N) is 1. The molecule has 1 N–H and O–H groups in total. The van der Waals surface area contributed by atoms with E-state index in [-0.39, 0.29) is 29.7 Å². The van der Waals surface area contributed by atoms with Crippen LogP contribution in [0.15, 0.2) is 30.3 Å². The number of carbonyl (C=O) groups is 2. The van der Waals surface area contributed by atoms with Crippen LogP contribution in [-0.2, 0) is 4.74 Å². The van der Waals surface area contributed by atoms with Gasteiger partial charge in [0.1, 0.15) is 0 Å². The number of benzene rings is 1. The monoisotopic (exact) mass is 345 g/mol. The summed E-state index contributed by atoms with van der Waals surface area (Å²) in [6.45, 7) is 7.69. The fraction of sp³-hybridized carbons (Fsp3) is 0.579. The van der Waals surface area contributed by atoms with Crippen molar-refractivity contribution in [1.82, 2.24) is 15.1 Å². The van der Waals surface area contributed by atoms with Gasteiger partial charge in [-0.15, -0.1) is 0 Å². The number of rotatable bonds is 3. The first-order chi connectivity index (χ1) is 11.9. The summed E-state index contributed by atoms with van der Waals surface area (Å²) in [5.41, 5.74) is 0.797. The first kappa shape index (κ1) is 17.7. The largest absolute Gasteiger partial charge is 0.375 e. The number of ether oxygens (including phenoxy) is 1. The fourth-order valence-electron chi connectivity index (χ4n) is 3.76. The lowest BCUT2D eigenvalue weighted by Gasteiger charge is -2.44. The molecule has 0 aromatic heterocycles. The number of imide groups is 1. The molecule has 0 aliphatic carbocycles. The van der Waals surface area contributed by atoms with Gasteiger partial charge in [0, 0.05) is 25.7 Å². The van der Waals surface area contributed by atoms with E-state index >= 15 is 0 Å². The highest BCUT2D eigenvalue weighted by atomic mass is 16.5. The fourth-order valence-corrected chi connectivity index (χ4v) is 3.76. The molecule has 0 bridgehead atoms. The van der Waals surface area contributed by atoms with Gasteiger partial charge in [0.2, 0.25) is 0 Å². The van der Waals surface area contributed by atoms with E-state index in [0.29, 0.717) is 19.7 Å². The van der Waals surface area contributed by atoms with Gasteiger partial charge in [-0.3, -0.25) is 0 Å². The molecule has 6 nitrogen and oxygen atoms in total. The van der Waals surface area contributed by atoms with Crippen LogP contribution < -0.4 is 5.32 Å². The highest BCUT2D eigenvalue weighted by Crippen LogP contribution is 2.33. The molecular weight excluding hydrogens is 318 g/mol. The first-order valence-corrected chi connectivity index (χ1v) is 8.95. The van der Waals surface area contributed by atoms with Crippen LogP contribution >= 0.6 is 0 Å². The highest BCUT2D eigenvalue weighted by Gasteiger charge is 2.40. The van der Waals surface area contributed by atoms with Crippen LogP contribution in [0.2, 0.25) is 0 Å². The van der Waals surface area contributed by atoms with E-state index in [1.54, 1.807) is 0 Å². The molecule has 2 heterocycles. The van der Waals surface area contributed by atoms with E-state index in [9.17, 15) is 9.59 Å². The van der Waals surface area contributed by atoms with Crippen molar-refractivity contribution in [2.75, 3.05) is 19.7 Å². The summed E-state index contributed by atoms with van der Waals surface area (Å²) in [4.78, 5) is 28.5. The number of amides is 4. The highest BCUT2D eigenvalue weighted by molar-refractivity contribution is 5.95. The second-order valence-corrected chi connectivity index (χ2v) is 7.41. The molecule has 0 radical (unpaired) electrons. The Hall–Kier alpha value is -2.08. The summed E-state index contributed by atoms with van der Waals surface area (Å²) in [6, 6.07) is 9.39. The Bertz CT molecular complexity index is 632. The third-order valence-electron chi connectivity index (χ3n) is 5.07. The van der Waals surface area contributed by atoms with Crippen molar-refractivity contribution in [3.05, 3.63) is 35.9 Å².